The molecule has 2 aromatic carbocycles. The number of nitrogens with zero attached hydrogens (tertiary/aromatic N) is 2. The molecule has 0 N–H and O–H groups in total. The highest BCUT2D eigenvalue weighted by Gasteiger charge is 2.41. The van der Waals surface area contributed by atoms with E-state index < -0.39 is 56.1 Å². The Morgan fingerprint density at radius 2 is 1.84 bits per heavy atom. The molecule has 1 saturated heterocycles. The smallest absolute Gasteiger partial charge is 0.420 e. The van der Waals surface area contributed by atoms with Gasteiger partial charge in [-0.1, -0.05) is 12.1 Å². The number of sulfone groups is 1. The summed E-state index contributed by atoms with van der Waals surface area (Å²) in [4.78, 5) is 28.3. The first-order valence-electron chi connectivity index (χ1n) is 9.34. The fourth-order valence-corrected chi connectivity index (χ4v) is 6.13. The second kappa shape index (κ2) is 8.00. The van der Waals surface area contributed by atoms with E-state index in [4.69, 9.17) is 4.74 Å². The summed E-state index contributed by atoms with van der Waals surface area (Å²) in [7, 11) is -2.80. The van der Waals surface area contributed by atoms with Crippen molar-refractivity contribution in [2.75, 3.05) is 36.1 Å². The number of anilines is 1. The number of rotatable bonds is 3. The molecule has 2 aliphatic heterocycles. The van der Waals surface area contributed by atoms with E-state index in [2.05, 4.69) is 0 Å². The molecule has 12 heteroatoms. The van der Waals surface area contributed by atoms with E-state index in [1.807, 2.05) is 0 Å². The Labute approximate surface area is 186 Å². The lowest BCUT2D eigenvalue weighted by atomic mass is 10.0. The molecule has 0 spiro atoms. The zero-order valence-electron chi connectivity index (χ0n) is 16.7. The van der Waals surface area contributed by atoms with E-state index in [1.54, 1.807) is 0 Å². The number of benzene rings is 2. The molecule has 1 fully saturated rings. The van der Waals surface area contributed by atoms with Gasteiger partial charge >= 0.3 is 6.18 Å². The minimum absolute atomic E-state index is 0.0747. The molecule has 0 aliphatic carbocycles. The number of carbonyl (C=O) groups excluding carboxylic acids is 2. The van der Waals surface area contributed by atoms with Gasteiger partial charge < -0.3 is 9.64 Å². The van der Waals surface area contributed by atoms with Crippen molar-refractivity contribution in [3.63, 3.8) is 0 Å². The molecule has 2 aliphatic rings. The molecule has 2 heterocycles. The lowest BCUT2D eigenvalue weighted by molar-refractivity contribution is -0.138. The van der Waals surface area contributed by atoms with Crippen molar-refractivity contribution in [3.8, 4) is 5.75 Å². The minimum Gasteiger partial charge on any atom is -0.495 e. The monoisotopic (exact) mass is 486 g/mol. The Hall–Kier alpha value is -2.73. The van der Waals surface area contributed by atoms with Crippen LogP contribution >= 0.6 is 11.8 Å². The Bertz CT molecular complexity index is 1210. The van der Waals surface area contributed by atoms with Crippen LogP contribution in [0.5, 0.6) is 5.75 Å². The quantitative estimate of drug-likeness (QED) is 0.663. The number of halogens is 3. The highest BCUT2D eigenvalue weighted by Crippen LogP contribution is 2.41. The van der Waals surface area contributed by atoms with E-state index in [0.717, 1.165) is 18.1 Å². The summed E-state index contributed by atoms with van der Waals surface area (Å²) in [5, 5.41) is 0. The van der Waals surface area contributed by atoms with E-state index in [9.17, 15) is 31.2 Å². The van der Waals surface area contributed by atoms with E-state index >= 15 is 0 Å². The number of carbonyl (C=O) groups is 2. The topological polar surface area (TPSA) is 84.0 Å². The summed E-state index contributed by atoms with van der Waals surface area (Å²) in [6.45, 7) is 0.351. The SMILES string of the molecule is COc1c(C(=O)N2CCSC2)cc(C(=O)N2CS(=O)(=O)c3ccccc32)cc1C(F)(F)F. The molecule has 0 unspecified atom stereocenters. The Morgan fingerprint density at radius 3 is 2.47 bits per heavy atom. The molecule has 7 nitrogen and oxygen atoms in total. The highest BCUT2D eigenvalue weighted by molar-refractivity contribution is 7.99. The average Bonchev–Trinajstić information content (AvgIpc) is 3.38. The van der Waals surface area contributed by atoms with Crippen LogP contribution in [0.15, 0.2) is 41.3 Å². The highest BCUT2D eigenvalue weighted by atomic mass is 32.2. The van der Waals surface area contributed by atoms with Crippen molar-refractivity contribution in [2.24, 2.45) is 0 Å². The van der Waals surface area contributed by atoms with Crippen LogP contribution in [0.25, 0.3) is 0 Å². The third kappa shape index (κ3) is 3.81. The zero-order chi connectivity index (χ0) is 23.3. The number of hydrogen-bond acceptors (Lipinski definition) is 6. The predicted octanol–water partition coefficient (Wildman–Crippen LogP) is 3.25. The molecule has 0 saturated carbocycles. The first kappa shape index (κ1) is 22.5. The number of thioether (sulfide) groups is 1. The number of fused-ring (bicyclic) bond motifs is 1. The normalized spacial score (nSPS) is 17.4. The Morgan fingerprint density at radius 1 is 1.12 bits per heavy atom. The van der Waals surface area contributed by atoms with Gasteiger partial charge in [-0.15, -0.1) is 11.8 Å². The molecular weight excluding hydrogens is 469 g/mol. The van der Waals surface area contributed by atoms with Crippen LogP contribution in [0.2, 0.25) is 0 Å². The first-order valence-corrected chi connectivity index (χ1v) is 12.1. The molecule has 0 bridgehead atoms. The van der Waals surface area contributed by atoms with Gasteiger partial charge in [0.05, 0.1) is 34.7 Å². The number of methoxy groups -OCH3 is 1. The largest absolute Gasteiger partial charge is 0.495 e. The van der Waals surface area contributed by atoms with Crippen molar-refractivity contribution < 1.29 is 35.9 Å². The second-order valence-corrected chi connectivity index (χ2v) is 10.2. The molecule has 4 rings (SSSR count). The number of amides is 2. The lowest BCUT2D eigenvalue weighted by Gasteiger charge is -2.22. The summed E-state index contributed by atoms with van der Waals surface area (Å²) in [5.41, 5.74) is -2.06. The molecule has 170 valence electrons. The van der Waals surface area contributed by atoms with Gasteiger partial charge in [0.2, 0.25) is 0 Å². The van der Waals surface area contributed by atoms with Crippen LogP contribution in [-0.2, 0) is 16.0 Å². The molecule has 2 amide bonds. The van der Waals surface area contributed by atoms with Gasteiger partial charge in [0.1, 0.15) is 11.6 Å². The summed E-state index contributed by atoms with van der Waals surface area (Å²) < 4.78 is 71.2. The zero-order valence-corrected chi connectivity index (χ0v) is 18.3. The van der Waals surface area contributed by atoms with Crippen LogP contribution in [0.4, 0.5) is 18.9 Å². The van der Waals surface area contributed by atoms with E-state index in [1.165, 1.54) is 40.9 Å². The maximum Gasteiger partial charge on any atom is 0.420 e. The lowest BCUT2D eigenvalue weighted by Crippen LogP contribution is -2.32. The summed E-state index contributed by atoms with van der Waals surface area (Å²) in [6, 6.07) is 7.37. The Balaban J connectivity index is 1.85. The van der Waals surface area contributed by atoms with Crippen molar-refractivity contribution in [2.45, 2.75) is 11.1 Å². The van der Waals surface area contributed by atoms with Crippen molar-refractivity contribution in [1.29, 1.82) is 0 Å². The van der Waals surface area contributed by atoms with Gasteiger partial charge in [0.15, 0.2) is 9.84 Å². The molecule has 0 atom stereocenters. The number of alkyl halides is 3. The van der Waals surface area contributed by atoms with Gasteiger partial charge in [-0.2, -0.15) is 13.2 Å². The predicted molar refractivity (Wildman–Crippen MR) is 112 cm³/mol. The minimum atomic E-state index is -4.91. The van der Waals surface area contributed by atoms with Gasteiger partial charge in [-0.3, -0.25) is 14.5 Å². The summed E-state index contributed by atoms with van der Waals surface area (Å²) in [5.74, 6) is -2.09. The molecular formula is C20H17F3N2O5S2. The van der Waals surface area contributed by atoms with E-state index in [0.29, 0.717) is 24.2 Å². The average molecular weight is 486 g/mol. The number of hydrogen-bond donors (Lipinski definition) is 0. The fourth-order valence-electron chi connectivity index (χ4n) is 3.66. The standard InChI is InChI=1S/C20H17F3N2O5S2/c1-30-17-13(19(27)24-6-7-31-10-24)8-12(9-14(17)20(21,22)23)18(26)25-11-32(28,29)16-5-3-2-4-15(16)25/h2-5,8-9H,6-7,10-11H2,1H3. The van der Waals surface area contributed by atoms with Crippen LogP contribution in [-0.4, -0.2) is 56.3 Å². The van der Waals surface area contributed by atoms with Crippen molar-refractivity contribution >= 4 is 39.1 Å². The van der Waals surface area contributed by atoms with Crippen LogP contribution < -0.4 is 9.64 Å². The Kier molecular flexibility index (Phi) is 5.61. The summed E-state index contributed by atoms with van der Waals surface area (Å²) in [6.07, 6.45) is -4.91. The maximum absolute atomic E-state index is 13.8. The third-order valence-corrected chi connectivity index (χ3v) is 7.73. The second-order valence-electron chi connectivity index (χ2n) is 7.15. The third-order valence-electron chi connectivity index (χ3n) is 5.15. The molecule has 2 aromatic rings. The van der Waals surface area contributed by atoms with Crippen molar-refractivity contribution in [1.82, 2.24) is 4.90 Å². The molecule has 0 aromatic heterocycles. The fraction of sp³-hybridized carbons (Fsp3) is 0.300. The number of ether oxygens (including phenoxy) is 1. The van der Waals surface area contributed by atoms with Crippen LogP contribution in [0.3, 0.4) is 0 Å². The van der Waals surface area contributed by atoms with Crippen molar-refractivity contribution in [3.05, 3.63) is 53.1 Å². The molecule has 32 heavy (non-hydrogen) atoms. The van der Waals surface area contributed by atoms with Gasteiger partial charge in [-0.25, -0.2) is 8.42 Å². The van der Waals surface area contributed by atoms with Crippen LogP contribution in [0, 0.1) is 0 Å². The van der Waals surface area contributed by atoms with Crippen LogP contribution in [0.1, 0.15) is 26.3 Å². The van der Waals surface area contributed by atoms with E-state index in [-0.39, 0.29) is 10.6 Å². The summed E-state index contributed by atoms with van der Waals surface area (Å²) >= 11 is 1.45. The first-order chi connectivity index (χ1) is 15.0. The number of para-hydroxylation sites is 1. The van der Waals surface area contributed by atoms with Gasteiger partial charge in [0.25, 0.3) is 11.8 Å². The maximum atomic E-state index is 13.8. The molecule has 0 radical (unpaired) electrons. The van der Waals surface area contributed by atoms with Gasteiger partial charge in [-0.05, 0) is 24.3 Å². The van der Waals surface area contributed by atoms with Gasteiger partial charge in [0, 0.05) is 17.9 Å².